The van der Waals surface area contributed by atoms with E-state index >= 15 is 0 Å². The molecule has 0 unspecified atom stereocenters. The van der Waals surface area contributed by atoms with Crippen LogP contribution in [0.5, 0.6) is 11.5 Å². The van der Waals surface area contributed by atoms with Crippen molar-refractivity contribution in [2.45, 2.75) is 11.4 Å². The average Bonchev–Trinajstić information content (AvgIpc) is 2.97. The highest BCUT2D eigenvalue weighted by molar-refractivity contribution is 7.98. The molecule has 0 radical (unpaired) electrons. The zero-order valence-corrected chi connectivity index (χ0v) is 11.4. The number of hydrogen-bond acceptors (Lipinski definition) is 5. The lowest BCUT2D eigenvalue weighted by molar-refractivity contribution is 0.171. The molecular weight excluding hydrogens is 262 g/mol. The maximum absolute atomic E-state index is 5.62. The van der Waals surface area contributed by atoms with Gasteiger partial charge in [-0.05, 0) is 24.0 Å². The zero-order valence-electron chi connectivity index (χ0n) is 10.6. The van der Waals surface area contributed by atoms with Gasteiger partial charge < -0.3 is 14.8 Å². The van der Waals surface area contributed by atoms with Crippen LogP contribution in [-0.2, 0) is 6.54 Å². The van der Waals surface area contributed by atoms with Crippen LogP contribution in [0.3, 0.4) is 0 Å². The number of aromatic nitrogens is 2. The molecule has 19 heavy (non-hydrogen) atoms. The maximum atomic E-state index is 5.62. The van der Waals surface area contributed by atoms with E-state index in [1.165, 1.54) is 10.5 Å². The molecule has 1 aromatic carbocycles. The van der Waals surface area contributed by atoms with Crippen molar-refractivity contribution in [1.29, 1.82) is 0 Å². The molecule has 0 spiro atoms. The van der Waals surface area contributed by atoms with Crippen molar-refractivity contribution < 1.29 is 9.47 Å². The molecule has 0 fully saturated rings. The van der Waals surface area contributed by atoms with E-state index in [1.807, 2.05) is 18.3 Å². The molecule has 1 aliphatic heterocycles. The number of H-pyrrole nitrogens is 1. The van der Waals surface area contributed by atoms with Gasteiger partial charge in [0.1, 0.15) is 13.2 Å². The third kappa shape index (κ3) is 2.63. The number of benzene rings is 1. The first-order valence-corrected chi connectivity index (χ1v) is 7.28. The van der Waals surface area contributed by atoms with E-state index in [0.29, 0.717) is 13.2 Å². The number of hydrogen-bond donors (Lipinski definition) is 2. The molecule has 0 aliphatic carbocycles. The van der Waals surface area contributed by atoms with E-state index in [2.05, 4.69) is 21.8 Å². The van der Waals surface area contributed by atoms with E-state index < -0.39 is 0 Å². The smallest absolute Gasteiger partial charge is 0.162 e. The predicted molar refractivity (Wildman–Crippen MR) is 75.1 cm³/mol. The number of aromatic amines is 1. The summed E-state index contributed by atoms with van der Waals surface area (Å²) in [6.07, 6.45) is 5.65. The van der Waals surface area contributed by atoms with Crippen LogP contribution in [0.4, 0.5) is 5.69 Å². The average molecular weight is 277 g/mol. The van der Waals surface area contributed by atoms with Gasteiger partial charge in [0.2, 0.25) is 0 Å². The van der Waals surface area contributed by atoms with Crippen LogP contribution in [0, 0.1) is 0 Å². The van der Waals surface area contributed by atoms with Crippen molar-refractivity contribution in [3.8, 4) is 11.5 Å². The molecule has 6 heteroatoms. The topological polar surface area (TPSA) is 59.2 Å². The highest BCUT2D eigenvalue weighted by Gasteiger charge is 2.15. The van der Waals surface area contributed by atoms with Gasteiger partial charge in [-0.1, -0.05) is 0 Å². The largest absolute Gasteiger partial charge is 0.486 e. The second-order valence-electron chi connectivity index (χ2n) is 4.15. The third-order valence-corrected chi connectivity index (χ3v) is 3.75. The SMILES string of the molecule is CSc1cc2c(cc1CNc1cn[nH]c1)OCCO2. The van der Waals surface area contributed by atoms with E-state index in [0.717, 1.165) is 23.7 Å². The normalized spacial score (nSPS) is 13.3. The van der Waals surface area contributed by atoms with Gasteiger partial charge in [-0.25, -0.2) is 0 Å². The van der Waals surface area contributed by atoms with E-state index in [4.69, 9.17) is 9.47 Å². The monoisotopic (exact) mass is 277 g/mol. The Morgan fingerprint density at radius 1 is 1.32 bits per heavy atom. The predicted octanol–water partition coefficient (Wildman–Crippen LogP) is 2.51. The molecule has 100 valence electrons. The first-order chi connectivity index (χ1) is 9.36. The zero-order chi connectivity index (χ0) is 13.1. The third-order valence-electron chi connectivity index (χ3n) is 2.93. The molecule has 3 rings (SSSR count). The summed E-state index contributed by atoms with van der Waals surface area (Å²) in [6, 6.07) is 4.10. The molecule has 0 saturated carbocycles. The summed E-state index contributed by atoms with van der Waals surface area (Å²) < 4.78 is 11.2. The number of rotatable bonds is 4. The van der Waals surface area contributed by atoms with Crippen LogP contribution in [0.15, 0.2) is 29.4 Å². The Kier molecular flexibility index (Phi) is 3.50. The van der Waals surface area contributed by atoms with Gasteiger partial charge in [-0.2, -0.15) is 5.10 Å². The minimum absolute atomic E-state index is 0.611. The highest BCUT2D eigenvalue weighted by Crippen LogP contribution is 2.36. The van der Waals surface area contributed by atoms with Gasteiger partial charge in [0, 0.05) is 17.6 Å². The Labute approximate surface area is 115 Å². The molecule has 0 amide bonds. The van der Waals surface area contributed by atoms with Gasteiger partial charge in [0.05, 0.1) is 11.9 Å². The van der Waals surface area contributed by atoms with Gasteiger partial charge in [0.25, 0.3) is 0 Å². The first-order valence-electron chi connectivity index (χ1n) is 6.06. The van der Waals surface area contributed by atoms with Crippen molar-refractivity contribution in [2.24, 2.45) is 0 Å². The molecule has 5 nitrogen and oxygen atoms in total. The van der Waals surface area contributed by atoms with Crippen LogP contribution >= 0.6 is 11.8 Å². The van der Waals surface area contributed by atoms with Crippen molar-refractivity contribution in [1.82, 2.24) is 10.2 Å². The molecule has 2 heterocycles. The summed E-state index contributed by atoms with van der Waals surface area (Å²) in [5.74, 6) is 1.66. The van der Waals surface area contributed by atoms with E-state index in [1.54, 1.807) is 18.0 Å². The van der Waals surface area contributed by atoms with Crippen molar-refractivity contribution in [2.75, 3.05) is 24.8 Å². The highest BCUT2D eigenvalue weighted by atomic mass is 32.2. The second-order valence-corrected chi connectivity index (χ2v) is 5.00. The summed E-state index contributed by atoms with van der Waals surface area (Å²) in [7, 11) is 0. The van der Waals surface area contributed by atoms with Crippen molar-refractivity contribution in [3.05, 3.63) is 30.1 Å². The van der Waals surface area contributed by atoms with E-state index in [-0.39, 0.29) is 0 Å². The lowest BCUT2D eigenvalue weighted by atomic mass is 10.2. The number of thioether (sulfide) groups is 1. The number of ether oxygens (including phenoxy) is 2. The summed E-state index contributed by atoms with van der Waals surface area (Å²) >= 11 is 1.71. The van der Waals surface area contributed by atoms with Crippen molar-refractivity contribution in [3.63, 3.8) is 0 Å². The molecule has 2 aromatic rings. The Bertz CT molecular complexity index is 557. The molecule has 0 saturated heterocycles. The second kappa shape index (κ2) is 5.44. The summed E-state index contributed by atoms with van der Waals surface area (Å²) in [5.41, 5.74) is 2.17. The minimum atomic E-state index is 0.611. The van der Waals surface area contributed by atoms with Crippen LogP contribution in [0.2, 0.25) is 0 Å². The first kappa shape index (κ1) is 12.2. The van der Waals surface area contributed by atoms with Crippen LogP contribution in [0.25, 0.3) is 0 Å². The van der Waals surface area contributed by atoms with E-state index in [9.17, 15) is 0 Å². The van der Waals surface area contributed by atoms with Crippen LogP contribution in [-0.4, -0.2) is 29.7 Å². The number of nitrogens with one attached hydrogen (secondary N) is 2. The Morgan fingerprint density at radius 2 is 2.11 bits per heavy atom. The van der Waals surface area contributed by atoms with Gasteiger partial charge in [0.15, 0.2) is 11.5 Å². The lowest BCUT2D eigenvalue weighted by Crippen LogP contribution is -2.16. The molecular formula is C13H15N3O2S. The van der Waals surface area contributed by atoms with Gasteiger partial charge in [-0.15, -0.1) is 11.8 Å². The number of nitrogens with zero attached hydrogens (tertiary/aromatic N) is 1. The fraction of sp³-hybridized carbons (Fsp3) is 0.308. The Balaban J connectivity index is 1.82. The van der Waals surface area contributed by atoms with Gasteiger partial charge >= 0.3 is 0 Å². The summed E-state index contributed by atoms with van der Waals surface area (Å²) in [6.45, 7) is 1.96. The summed E-state index contributed by atoms with van der Waals surface area (Å²) in [4.78, 5) is 1.19. The number of anilines is 1. The molecule has 1 aliphatic rings. The van der Waals surface area contributed by atoms with Crippen LogP contribution < -0.4 is 14.8 Å². The minimum Gasteiger partial charge on any atom is -0.486 e. The molecule has 1 aromatic heterocycles. The Morgan fingerprint density at radius 3 is 2.79 bits per heavy atom. The standard InChI is InChI=1S/C13H15N3O2S/c1-19-13-5-12-11(17-2-3-18-12)4-9(13)6-14-10-7-15-16-8-10/h4-5,7-8,14H,2-3,6H2,1H3,(H,15,16). The molecule has 0 bridgehead atoms. The van der Waals surface area contributed by atoms with Gasteiger partial charge in [-0.3, -0.25) is 5.10 Å². The summed E-state index contributed by atoms with van der Waals surface area (Å²) in [5, 5.41) is 10.0. The molecule has 2 N–H and O–H groups in total. The van der Waals surface area contributed by atoms with Crippen molar-refractivity contribution >= 4 is 17.4 Å². The van der Waals surface area contributed by atoms with Crippen LogP contribution in [0.1, 0.15) is 5.56 Å². The quantitative estimate of drug-likeness (QED) is 0.841. The lowest BCUT2D eigenvalue weighted by Gasteiger charge is -2.20. The fourth-order valence-corrected chi connectivity index (χ4v) is 2.60. The molecule has 0 atom stereocenters. The Hall–Kier alpha value is -1.82. The number of fused-ring (bicyclic) bond motifs is 1. The fourth-order valence-electron chi connectivity index (χ4n) is 1.99. The maximum Gasteiger partial charge on any atom is 0.162 e.